The van der Waals surface area contributed by atoms with Crippen molar-refractivity contribution in [2.45, 2.75) is 6.92 Å². The van der Waals surface area contributed by atoms with Crippen molar-refractivity contribution in [3.8, 4) is 16.8 Å². The Morgan fingerprint density at radius 2 is 1.67 bits per heavy atom. The third-order valence-electron chi connectivity index (χ3n) is 5.04. The molecule has 0 fully saturated rings. The van der Waals surface area contributed by atoms with Gasteiger partial charge in [0.15, 0.2) is 0 Å². The summed E-state index contributed by atoms with van der Waals surface area (Å²) in [5.41, 5.74) is 7.17. The van der Waals surface area contributed by atoms with Gasteiger partial charge < -0.3 is 4.57 Å². The molecule has 0 aliphatic rings. The summed E-state index contributed by atoms with van der Waals surface area (Å²) in [4.78, 5) is 0. The Labute approximate surface area is 167 Å². The molecule has 0 saturated carbocycles. The van der Waals surface area contributed by atoms with E-state index in [9.17, 15) is 0 Å². The molecule has 0 aliphatic heterocycles. The molecule has 27 heavy (non-hydrogen) atoms. The lowest BCUT2D eigenvalue weighted by Gasteiger charge is -2.12. The topological polar surface area (TPSA) is 4.93 Å². The van der Waals surface area contributed by atoms with Gasteiger partial charge in [-0.3, -0.25) is 0 Å². The minimum atomic E-state index is 1.09. The monoisotopic (exact) mass is 410 g/mol. The molecule has 0 spiro atoms. The van der Waals surface area contributed by atoms with Crippen molar-refractivity contribution in [2.75, 3.05) is 0 Å². The fourth-order valence-electron chi connectivity index (χ4n) is 3.78. The third-order valence-corrected chi connectivity index (χ3v) is 5.53. The fraction of sp³-hybridized carbons (Fsp3) is 0.0400. The Kier molecular flexibility index (Phi) is 3.87. The summed E-state index contributed by atoms with van der Waals surface area (Å²) in [6.07, 6.45) is 0. The number of para-hydroxylation sites is 1. The molecular weight excluding hydrogens is 394 g/mol. The molecule has 5 rings (SSSR count). The van der Waals surface area contributed by atoms with Crippen LogP contribution in [-0.2, 0) is 0 Å². The van der Waals surface area contributed by atoms with E-state index in [1.54, 1.807) is 0 Å². The van der Waals surface area contributed by atoms with Crippen LogP contribution in [-0.4, -0.2) is 4.57 Å². The maximum Gasteiger partial charge on any atom is 0.0619 e. The number of fused-ring (bicyclic) bond motifs is 3. The van der Waals surface area contributed by atoms with Gasteiger partial charge in [0, 0.05) is 26.5 Å². The molecule has 0 saturated heterocycles. The van der Waals surface area contributed by atoms with Gasteiger partial charge in [-0.1, -0.05) is 76.1 Å². The average molecular weight is 411 g/mol. The molecule has 1 heterocycles. The normalized spacial score (nSPS) is 11.3. The Balaban J connectivity index is 1.97. The van der Waals surface area contributed by atoms with E-state index in [0.29, 0.717) is 0 Å². The van der Waals surface area contributed by atoms with Gasteiger partial charge in [-0.05, 0) is 48.9 Å². The zero-order chi connectivity index (χ0) is 18.4. The van der Waals surface area contributed by atoms with Crippen LogP contribution < -0.4 is 0 Å². The second-order valence-electron chi connectivity index (χ2n) is 6.81. The van der Waals surface area contributed by atoms with Gasteiger partial charge in [0.05, 0.1) is 11.0 Å². The number of hydrogen-bond acceptors (Lipinski definition) is 0. The van der Waals surface area contributed by atoms with E-state index in [0.717, 1.165) is 10.0 Å². The quantitative estimate of drug-likeness (QED) is 0.287. The van der Waals surface area contributed by atoms with Gasteiger partial charge in [-0.2, -0.15) is 0 Å². The minimum absolute atomic E-state index is 1.09. The lowest BCUT2D eigenvalue weighted by atomic mass is 10.0. The first-order chi connectivity index (χ1) is 13.2. The van der Waals surface area contributed by atoms with Crippen LogP contribution >= 0.6 is 15.9 Å². The third kappa shape index (κ3) is 2.68. The SMILES string of the molecule is Cc1ccc(-n2c3ccc(Br)cc3c3cccc(-c4[c]cccc4)c32)cc1. The molecule has 0 amide bonds. The van der Waals surface area contributed by atoms with Crippen LogP contribution in [0.3, 0.4) is 0 Å². The molecular formula is C25H17BrN. The number of aryl methyl sites for hydroxylation is 1. The molecule has 129 valence electrons. The van der Waals surface area contributed by atoms with Crippen LogP contribution in [0.25, 0.3) is 38.6 Å². The highest BCUT2D eigenvalue weighted by Gasteiger charge is 2.16. The number of hydrogen-bond donors (Lipinski definition) is 0. The summed E-state index contributed by atoms with van der Waals surface area (Å²) in [7, 11) is 0. The Morgan fingerprint density at radius 3 is 2.44 bits per heavy atom. The summed E-state index contributed by atoms with van der Waals surface area (Å²) in [5.74, 6) is 0. The van der Waals surface area contributed by atoms with Crippen molar-refractivity contribution in [3.05, 3.63) is 101 Å². The van der Waals surface area contributed by atoms with E-state index in [1.807, 2.05) is 12.1 Å². The molecule has 1 radical (unpaired) electrons. The van der Waals surface area contributed by atoms with E-state index < -0.39 is 0 Å². The van der Waals surface area contributed by atoms with Gasteiger partial charge in [-0.15, -0.1) is 0 Å². The number of benzene rings is 4. The van der Waals surface area contributed by atoms with Crippen LogP contribution in [0.5, 0.6) is 0 Å². The zero-order valence-electron chi connectivity index (χ0n) is 14.9. The van der Waals surface area contributed by atoms with Crippen molar-refractivity contribution in [3.63, 3.8) is 0 Å². The standard InChI is InChI=1S/C25H17BrN/c1-17-10-13-20(14-11-17)27-24-15-12-19(26)16-23(24)22-9-5-8-21(25(22)27)18-6-3-2-4-7-18/h2-6,8-16H,1H3. The van der Waals surface area contributed by atoms with Crippen LogP contribution in [0.1, 0.15) is 5.56 Å². The smallest absolute Gasteiger partial charge is 0.0619 e. The highest BCUT2D eigenvalue weighted by Crippen LogP contribution is 2.38. The molecule has 4 aromatic carbocycles. The van der Waals surface area contributed by atoms with E-state index in [4.69, 9.17) is 0 Å². The highest BCUT2D eigenvalue weighted by atomic mass is 79.9. The van der Waals surface area contributed by atoms with Gasteiger partial charge in [-0.25, -0.2) is 0 Å². The van der Waals surface area contributed by atoms with Gasteiger partial charge >= 0.3 is 0 Å². The number of nitrogens with zero attached hydrogens (tertiary/aromatic N) is 1. The van der Waals surface area contributed by atoms with E-state index >= 15 is 0 Å². The first-order valence-electron chi connectivity index (χ1n) is 8.99. The summed E-state index contributed by atoms with van der Waals surface area (Å²) in [6.45, 7) is 2.12. The van der Waals surface area contributed by atoms with E-state index in [1.165, 1.54) is 38.6 Å². The molecule has 0 N–H and O–H groups in total. The van der Waals surface area contributed by atoms with Crippen molar-refractivity contribution < 1.29 is 0 Å². The van der Waals surface area contributed by atoms with Crippen molar-refractivity contribution >= 4 is 37.7 Å². The predicted octanol–water partition coefficient (Wildman–Crippen LogP) is 7.32. The lowest BCUT2D eigenvalue weighted by molar-refractivity contribution is 1.17. The molecule has 1 nitrogen and oxygen atoms in total. The largest absolute Gasteiger partial charge is 0.309 e. The maximum absolute atomic E-state index is 3.64. The van der Waals surface area contributed by atoms with E-state index in [2.05, 4.69) is 106 Å². The molecule has 0 atom stereocenters. The Bertz CT molecular complexity index is 1260. The minimum Gasteiger partial charge on any atom is -0.309 e. The number of halogens is 1. The summed E-state index contributed by atoms with van der Waals surface area (Å²) in [6, 6.07) is 33.4. The zero-order valence-corrected chi connectivity index (χ0v) is 16.5. The number of rotatable bonds is 2. The van der Waals surface area contributed by atoms with Gasteiger partial charge in [0.1, 0.15) is 0 Å². The molecule has 2 heteroatoms. The molecule has 0 bridgehead atoms. The van der Waals surface area contributed by atoms with Crippen molar-refractivity contribution in [2.24, 2.45) is 0 Å². The highest BCUT2D eigenvalue weighted by molar-refractivity contribution is 9.10. The second-order valence-corrected chi connectivity index (χ2v) is 7.73. The van der Waals surface area contributed by atoms with Crippen LogP contribution in [0.2, 0.25) is 0 Å². The van der Waals surface area contributed by atoms with Gasteiger partial charge in [0.2, 0.25) is 0 Å². The maximum atomic E-state index is 3.64. The first-order valence-corrected chi connectivity index (χ1v) is 9.78. The molecule has 0 unspecified atom stereocenters. The molecule has 1 aromatic heterocycles. The van der Waals surface area contributed by atoms with E-state index in [-0.39, 0.29) is 0 Å². The summed E-state index contributed by atoms with van der Waals surface area (Å²) in [5, 5.41) is 2.50. The Hall–Kier alpha value is -2.84. The molecule has 5 aromatic rings. The van der Waals surface area contributed by atoms with Gasteiger partial charge in [0.25, 0.3) is 0 Å². The summed E-state index contributed by atoms with van der Waals surface area (Å²) < 4.78 is 3.46. The van der Waals surface area contributed by atoms with Crippen molar-refractivity contribution in [1.29, 1.82) is 0 Å². The van der Waals surface area contributed by atoms with Crippen LogP contribution in [0.4, 0.5) is 0 Å². The Morgan fingerprint density at radius 1 is 0.815 bits per heavy atom. The predicted molar refractivity (Wildman–Crippen MR) is 117 cm³/mol. The summed E-state index contributed by atoms with van der Waals surface area (Å²) >= 11 is 3.64. The number of aromatic nitrogens is 1. The van der Waals surface area contributed by atoms with Crippen molar-refractivity contribution in [1.82, 2.24) is 4.57 Å². The second kappa shape index (κ2) is 6.40. The average Bonchev–Trinajstić information content (AvgIpc) is 3.03. The fourth-order valence-corrected chi connectivity index (χ4v) is 4.14. The van der Waals surface area contributed by atoms with Crippen LogP contribution in [0, 0.1) is 13.0 Å². The first kappa shape index (κ1) is 16.3. The lowest BCUT2D eigenvalue weighted by Crippen LogP contribution is -1.95. The van der Waals surface area contributed by atoms with Crippen LogP contribution in [0.15, 0.2) is 89.4 Å². The molecule has 0 aliphatic carbocycles.